The number of fused-ring (bicyclic) bond motifs is 1. The van der Waals surface area contributed by atoms with E-state index in [1.54, 1.807) is 0 Å². The fourth-order valence-electron chi connectivity index (χ4n) is 5.44. The van der Waals surface area contributed by atoms with Gasteiger partial charge in [0.15, 0.2) is 0 Å². The van der Waals surface area contributed by atoms with Gasteiger partial charge < -0.3 is 8.98 Å². The quantitative estimate of drug-likeness (QED) is 0.318. The van der Waals surface area contributed by atoms with E-state index in [0.29, 0.717) is 0 Å². The molecule has 0 saturated carbocycles. The first-order valence-corrected chi connectivity index (χ1v) is 12.0. The molecule has 0 atom stereocenters. The Kier molecular flexibility index (Phi) is 5.63. The molecule has 4 heteroatoms. The Morgan fingerprint density at radius 3 is 2.30 bits per heavy atom. The minimum Gasteiger partial charge on any atom is -0.461 e. The maximum atomic E-state index is 6.07. The molecule has 0 aliphatic rings. The van der Waals surface area contributed by atoms with Gasteiger partial charge in [0, 0.05) is 54.2 Å². The van der Waals surface area contributed by atoms with Gasteiger partial charge >= 0.3 is 0 Å². The van der Waals surface area contributed by atoms with Gasteiger partial charge in [-0.05, 0) is 59.6 Å². The average Bonchev–Trinajstić information content (AvgIpc) is 3.38. The highest BCUT2D eigenvalue weighted by molar-refractivity contribution is 5.84. The van der Waals surface area contributed by atoms with Gasteiger partial charge in [0.2, 0.25) is 0 Å². The molecule has 0 spiro atoms. The fourth-order valence-corrected chi connectivity index (χ4v) is 5.44. The second-order valence-electron chi connectivity index (χ2n) is 12.0. The topological polar surface area (TPSA) is 35.9 Å². The molecule has 0 saturated heterocycles. The van der Waals surface area contributed by atoms with E-state index in [-0.39, 0.29) is 16.2 Å². The van der Waals surface area contributed by atoms with Crippen molar-refractivity contribution in [3.05, 3.63) is 77.1 Å². The Labute approximate surface area is 198 Å². The standard InChI is InChI=1S/C29H39N3O/c1-20-26(27(2,3)4)23-16-21(10-11-24(23)33-20)17-28(5,6)22-13-15-32(18-22)19-29(7,8)25-12-14-30-31(25)9/h10-16,18H,17,19H2,1-9H3. The first kappa shape index (κ1) is 23.4. The molecule has 176 valence electrons. The van der Waals surface area contributed by atoms with Crippen molar-refractivity contribution in [3.8, 4) is 0 Å². The molecule has 0 unspecified atom stereocenters. The lowest BCUT2D eigenvalue weighted by Crippen LogP contribution is -2.27. The summed E-state index contributed by atoms with van der Waals surface area (Å²) in [5.41, 5.74) is 6.35. The Bertz CT molecular complexity index is 1270. The minimum absolute atomic E-state index is 0.000775. The summed E-state index contributed by atoms with van der Waals surface area (Å²) in [6.07, 6.45) is 7.39. The number of hydrogen-bond acceptors (Lipinski definition) is 2. The Hall–Kier alpha value is -2.75. The molecule has 0 bridgehead atoms. The number of rotatable bonds is 6. The van der Waals surface area contributed by atoms with E-state index in [1.165, 1.54) is 27.8 Å². The van der Waals surface area contributed by atoms with Crippen LogP contribution in [0.25, 0.3) is 11.0 Å². The van der Waals surface area contributed by atoms with Crippen molar-refractivity contribution in [1.29, 1.82) is 0 Å². The molecule has 0 aliphatic carbocycles. The summed E-state index contributed by atoms with van der Waals surface area (Å²) in [7, 11) is 2.02. The van der Waals surface area contributed by atoms with Crippen LogP contribution in [0.3, 0.4) is 0 Å². The van der Waals surface area contributed by atoms with Gasteiger partial charge in [-0.25, -0.2) is 0 Å². The summed E-state index contributed by atoms with van der Waals surface area (Å²) < 4.78 is 10.4. The highest BCUT2D eigenvalue weighted by Gasteiger charge is 2.28. The number of aromatic nitrogens is 3. The first-order valence-electron chi connectivity index (χ1n) is 12.0. The second-order valence-corrected chi connectivity index (χ2v) is 12.0. The van der Waals surface area contributed by atoms with Gasteiger partial charge in [0.1, 0.15) is 11.3 Å². The largest absolute Gasteiger partial charge is 0.461 e. The zero-order valence-electron chi connectivity index (χ0n) is 21.8. The molecule has 0 amide bonds. The highest BCUT2D eigenvalue weighted by Crippen LogP contribution is 2.37. The Morgan fingerprint density at radius 1 is 0.939 bits per heavy atom. The lowest BCUT2D eigenvalue weighted by Gasteiger charge is -2.26. The van der Waals surface area contributed by atoms with E-state index in [9.17, 15) is 0 Å². The van der Waals surface area contributed by atoms with Crippen molar-refractivity contribution >= 4 is 11.0 Å². The van der Waals surface area contributed by atoms with Gasteiger partial charge in [-0.1, -0.05) is 54.5 Å². The molecule has 0 radical (unpaired) electrons. The van der Waals surface area contributed by atoms with Crippen LogP contribution in [-0.2, 0) is 36.3 Å². The van der Waals surface area contributed by atoms with Crippen LogP contribution >= 0.6 is 0 Å². The molecule has 3 aromatic heterocycles. The Balaban J connectivity index is 1.58. The second kappa shape index (κ2) is 7.93. The molecule has 0 aliphatic heterocycles. The van der Waals surface area contributed by atoms with Crippen molar-refractivity contribution in [2.24, 2.45) is 7.05 Å². The lowest BCUT2D eigenvalue weighted by molar-refractivity contribution is 0.404. The number of furan rings is 1. The van der Waals surface area contributed by atoms with Gasteiger partial charge in [-0.2, -0.15) is 5.10 Å². The third-order valence-corrected chi connectivity index (χ3v) is 6.95. The van der Waals surface area contributed by atoms with E-state index in [1.807, 2.05) is 17.9 Å². The minimum atomic E-state index is -0.000775. The molecule has 4 nitrogen and oxygen atoms in total. The van der Waals surface area contributed by atoms with E-state index in [4.69, 9.17) is 4.42 Å². The van der Waals surface area contributed by atoms with Crippen LogP contribution in [-0.4, -0.2) is 14.3 Å². The number of nitrogens with zero attached hydrogens (tertiary/aromatic N) is 3. The predicted octanol–water partition coefficient (Wildman–Crippen LogP) is 7.07. The van der Waals surface area contributed by atoms with Gasteiger partial charge in [-0.3, -0.25) is 4.68 Å². The summed E-state index contributed by atoms with van der Waals surface area (Å²) in [5.74, 6) is 1.03. The SMILES string of the molecule is Cc1oc2ccc(CC(C)(C)c3ccn(CC(C)(C)c4ccnn4C)c3)cc2c1C(C)(C)C. The molecular weight excluding hydrogens is 406 g/mol. The van der Waals surface area contributed by atoms with E-state index in [0.717, 1.165) is 24.3 Å². The third kappa shape index (κ3) is 4.53. The van der Waals surface area contributed by atoms with Crippen LogP contribution < -0.4 is 0 Å². The van der Waals surface area contributed by atoms with E-state index in [2.05, 4.69) is 108 Å². The van der Waals surface area contributed by atoms with Gasteiger partial charge in [0.25, 0.3) is 0 Å². The molecule has 4 rings (SSSR count). The van der Waals surface area contributed by atoms with E-state index < -0.39 is 0 Å². The molecule has 33 heavy (non-hydrogen) atoms. The molecule has 1 aromatic carbocycles. The van der Waals surface area contributed by atoms with Crippen LogP contribution in [0.2, 0.25) is 0 Å². The lowest BCUT2D eigenvalue weighted by atomic mass is 9.79. The van der Waals surface area contributed by atoms with Crippen LogP contribution in [0.15, 0.2) is 53.3 Å². The van der Waals surface area contributed by atoms with Gasteiger partial charge in [-0.15, -0.1) is 0 Å². The highest BCUT2D eigenvalue weighted by atomic mass is 16.3. The van der Waals surface area contributed by atoms with Crippen LogP contribution in [0.5, 0.6) is 0 Å². The molecule has 0 N–H and O–H groups in total. The molecule has 3 heterocycles. The maximum absolute atomic E-state index is 6.07. The molecular formula is C29H39N3O. The summed E-state index contributed by atoms with van der Waals surface area (Å²) >= 11 is 0. The zero-order chi connectivity index (χ0) is 24.2. The van der Waals surface area contributed by atoms with Crippen molar-refractivity contribution < 1.29 is 4.42 Å². The number of hydrogen-bond donors (Lipinski definition) is 0. The normalized spacial score (nSPS) is 13.2. The van der Waals surface area contributed by atoms with Crippen molar-refractivity contribution in [2.45, 2.75) is 84.6 Å². The fraction of sp³-hybridized carbons (Fsp3) is 0.483. The summed E-state index contributed by atoms with van der Waals surface area (Å²) in [5, 5.41) is 5.61. The smallest absolute Gasteiger partial charge is 0.134 e. The summed E-state index contributed by atoms with van der Waals surface area (Å²) in [6, 6.07) is 11.1. The van der Waals surface area contributed by atoms with Crippen molar-refractivity contribution in [2.75, 3.05) is 0 Å². The monoisotopic (exact) mass is 445 g/mol. The molecule has 0 fully saturated rings. The van der Waals surface area contributed by atoms with Gasteiger partial charge in [0.05, 0.1) is 0 Å². The third-order valence-electron chi connectivity index (χ3n) is 6.95. The predicted molar refractivity (Wildman–Crippen MR) is 137 cm³/mol. The van der Waals surface area contributed by atoms with Crippen LogP contribution in [0.1, 0.15) is 76.6 Å². The average molecular weight is 446 g/mol. The Morgan fingerprint density at radius 2 is 1.67 bits per heavy atom. The zero-order valence-corrected chi connectivity index (χ0v) is 21.8. The number of aryl methyl sites for hydroxylation is 2. The summed E-state index contributed by atoms with van der Waals surface area (Å²) in [4.78, 5) is 0. The van der Waals surface area contributed by atoms with Crippen LogP contribution in [0, 0.1) is 6.92 Å². The van der Waals surface area contributed by atoms with Crippen molar-refractivity contribution in [1.82, 2.24) is 14.3 Å². The van der Waals surface area contributed by atoms with Crippen molar-refractivity contribution in [3.63, 3.8) is 0 Å². The summed E-state index contributed by atoms with van der Waals surface area (Å²) in [6.45, 7) is 19.0. The number of benzene rings is 1. The maximum Gasteiger partial charge on any atom is 0.134 e. The van der Waals surface area contributed by atoms with E-state index >= 15 is 0 Å². The molecule has 4 aromatic rings. The first-order chi connectivity index (χ1) is 15.3. The van der Waals surface area contributed by atoms with Crippen LogP contribution in [0.4, 0.5) is 0 Å².